The van der Waals surface area contributed by atoms with Gasteiger partial charge in [0.25, 0.3) is 0 Å². The van der Waals surface area contributed by atoms with Gasteiger partial charge in [0.1, 0.15) is 0 Å². The molecule has 0 saturated heterocycles. The van der Waals surface area contributed by atoms with E-state index >= 15 is 0 Å². The molecule has 0 spiro atoms. The fourth-order valence-corrected chi connectivity index (χ4v) is 0. The fraction of sp³-hybridized carbons (Fsp3) is 0. The second kappa shape index (κ2) is 3.49. The molecule has 40 valence electrons. The third-order valence-electron chi connectivity index (χ3n) is 0. The molecule has 0 saturated carbocycles. The normalized spacial score (nSPS) is 9.83. The zero-order valence-electron chi connectivity index (χ0n) is 2.38. The molecule has 0 aromatic carbocycles. The molecule has 0 amide bonds. The molecule has 0 aromatic rings. The molecule has 0 aliphatic heterocycles. The Morgan fingerprint density at radius 2 is 1.17 bits per heavy atom. The van der Waals surface area contributed by atoms with Crippen molar-refractivity contribution < 1.29 is 53.8 Å². The molecule has 0 aromatic heterocycles. The van der Waals surface area contributed by atoms with Crippen molar-refractivity contribution in [3.05, 3.63) is 0 Å². The van der Waals surface area contributed by atoms with Crippen molar-refractivity contribution in [3.8, 4) is 0 Å². The zero-order valence-corrected chi connectivity index (χ0v) is 6.19. The molecule has 4 nitrogen and oxygen atoms in total. The third kappa shape index (κ3) is 49.6. The molecule has 0 aliphatic carbocycles. The summed E-state index contributed by atoms with van der Waals surface area (Å²) in [6.07, 6.45) is 0. The van der Waals surface area contributed by atoms with Gasteiger partial charge in [0.15, 0.2) is 0 Å². The van der Waals surface area contributed by atoms with Crippen LogP contribution in [-0.2, 0) is 3.74 Å². The predicted molar refractivity (Wildman–Crippen MR) is 6.44 cm³/mol. The van der Waals surface area contributed by atoms with Crippen LogP contribution in [0.3, 0.4) is 0 Å². The van der Waals surface area contributed by atoms with Gasteiger partial charge in [-0.15, -0.1) is 0 Å². The van der Waals surface area contributed by atoms with E-state index < -0.39 is 14.5 Å². The van der Waals surface area contributed by atoms with Crippen LogP contribution < -0.4 is 12.3 Å². The van der Waals surface area contributed by atoms with Crippen LogP contribution in [0.1, 0.15) is 0 Å². The summed E-state index contributed by atoms with van der Waals surface area (Å²) in [5, 5.41) is 0. The van der Waals surface area contributed by atoms with Gasteiger partial charge >= 0.3 is 68.3 Å². The SMILES string of the molecule is O=[As]([O-])([O-])[O-].[Ho+3]. The van der Waals surface area contributed by atoms with Crippen molar-refractivity contribution in [2.45, 2.75) is 0 Å². The van der Waals surface area contributed by atoms with Gasteiger partial charge in [0.05, 0.1) is 0 Å². The monoisotopic (exact) mass is 304 g/mol. The van der Waals surface area contributed by atoms with Crippen molar-refractivity contribution in [1.82, 2.24) is 0 Å². The average molecular weight is 304 g/mol. The summed E-state index contributed by atoms with van der Waals surface area (Å²) >= 11 is -5.88. The van der Waals surface area contributed by atoms with Gasteiger partial charge in [-0.25, -0.2) is 0 Å². The Kier molecular flexibility index (Phi) is 6.10. The molecule has 0 fully saturated rings. The fourth-order valence-electron chi connectivity index (χ4n) is 0. The van der Waals surface area contributed by atoms with E-state index in [0.717, 1.165) is 0 Å². The van der Waals surface area contributed by atoms with Gasteiger partial charge in [-0.3, -0.25) is 0 Å². The Bertz CT molecular complexity index is 53.7. The van der Waals surface area contributed by atoms with Gasteiger partial charge in [-0.2, -0.15) is 0 Å². The van der Waals surface area contributed by atoms with E-state index in [1.165, 1.54) is 0 Å². The van der Waals surface area contributed by atoms with Crippen molar-refractivity contribution >= 4 is 14.5 Å². The minimum atomic E-state index is -5.88. The van der Waals surface area contributed by atoms with Gasteiger partial charge in [0, 0.05) is 0 Å². The zero-order chi connectivity index (χ0) is 4.50. The van der Waals surface area contributed by atoms with Gasteiger partial charge in [0.2, 0.25) is 0 Å². The van der Waals surface area contributed by atoms with Crippen LogP contribution >= 0.6 is 0 Å². The smallest absolute Gasteiger partial charge is 3.00 e. The first-order valence-corrected chi connectivity index (χ1v) is 3.79. The first-order chi connectivity index (χ1) is 2.00. The Morgan fingerprint density at radius 3 is 1.17 bits per heavy atom. The molecule has 0 aliphatic rings. The summed E-state index contributed by atoms with van der Waals surface area (Å²) in [7, 11) is 0. The summed E-state index contributed by atoms with van der Waals surface area (Å²) in [5.74, 6) is 0. The maximum Gasteiger partial charge on any atom is 3.00 e. The maximum atomic E-state index is 8.61. The van der Waals surface area contributed by atoms with Crippen LogP contribution in [0.15, 0.2) is 0 Å². The molecule has 0 atom stereocenters. The molecular weight excluding hydrogens is 304 g/mol. The van der Waals surface area contributed by atoms with E-state index in [2.05, 4.69) is 0 Å². The van der Waals surface area contributed by atoms with Crippen LogP contribution in [0.4, 0.5) is 0 Å². The van der Waals surface area contributed by atoms with Crippen LogP contribution in [0.25, 0.3) is 0 Å². The third-order valence-corrected chi connectivity index (χ3v) is 0. The summed E-state index contributed by atoms with van der Waals surface area (Å²) in [5.41, 5.74) is 0. The quantitative estimate of drug-likeness (QED) is 0.426. The number of hydrogen-bond acceptors (Lipinski definition) is 4. The first-order valence-electron chi connectivity index (χ1n) is 0.730. The Hall–Kier alpha value is 1.50. The van der Waals surface area contributed by atoms with E-state index in [1.807, 2.05) is 0 Å². The second-order valence-corrected chi connectivity index (χ2v) is 2.32. The van der Waals surface area contributed by atoms with Crippen molar-refractivity contribution in [3.63, 3.8) is 0 Å². The molecule has 0 rings (SSSR count). The molecule has 6 heteroatoms. The van der Waals surface area contributed by atoms with Crippen LogP contribution in [0.2, 0.25) is 0 Å². The maximum absolute atomic E-state index is 8.61. The summed E-state index contributed by atoms with van der Waals surface area (Å²) < 4.78 is 34.4. The molecule has 0 unspecified atom stereocenters. The standard InChI is InChI=1S/AsH3O4.Ho/c2-1(3,4)5;/h(H3,2,3,4,5);/q;+3/p-3. The average Bonchev–Trinajstić information content (AvgIpc) is 0.722. The Labute approximate surface area is 67.5 Å². The molecule has 0 bridgehead atoms. The topological polar surface area (TPSA) is 86.2 Å². The number of hydrogen-bond donors (Lipinski definition) is 0. The van der Waals surface area contributed by atoms with Crippen molar-refractivity contribution in [2.24, 2.45) is 0 Å². The van der Waals surface area contributed by atoms with E-state index in [1.54, 1.807) is 0 Å². The summed E-state index contributed by atoms with van der Waals surface area (Å²) in [6.45, 7) is 0. The molecular formula is AsHoO4. The minimum Gasteiger partial charge on any atom is 3.00 e. The first kappa shape index (κ1) is 10.5. The minimum absolute atomic E-state index is 0. The van der Waals surface area contributed by atoms with Crippen LogP contribution in [0, 0.1) is 37.7 Å². The summed E-state index contributed by atoms with van der Waals surface area (Å²) in [4.78, 5) is 0. The van der Waals surface area contributed by atoms with Crippen molar-refractivity contribution in [1.29, 1.82) is 0 Å². The van der Waals surface area contributed by atoms with Gasteiger partial charge in [-0.05, 0) is 0 Å². The van der Waals surface area contributed by atoms with E-state index in [0.29, 0.717) is 0 Å². The van der Waals surface area contributed by atoms with Crippen LogP contribution in [0.5, 0.6) is 0 Å². The van der Waals surface area contributed by atoms with E-state index in [4.69, 9.17) is 16.0 Å². The molecule has 6 heavy (non-hydrogen) atoms. The van der Waals surface area contributed by atoms with E-state index in [-0.39, 0.29) is 37.7 Å². The van der Waals surface area contributed by atoms with E-state index in [9.17, 15) is 0 Å². The Balaban J connectivity index is 0. The Morgan fingerprint density at radius 1 is 1.17 bits per heavy atom. The molecule has 0 N–H and O–H groups in total. The van der Waals surface area contributed by atoms with Crippen LogP contribution in [-0.4, -0.2) is 14.5 Å². The second-order valence-electron chi connectivity index (χ2n) is 0.447. The van der Waals surface area contributed by atoms with Gasteiger partial charge in [-0.1, -0.05) is 0 Å². The predicted octanol–water partition coefficient (Wildman–Crippen LogP) is -4.07. The molecule has 0 heterocycles. The largest absolute Gasteiger partial charge is 3.00 e. The number of rotatable bonds is 0. The van der Waals surface area contributed by atoms with Gasteiger partial charge < -0.3 is 0 Å². The van der Waals surface area contributed by atoms with Crippen molar-refractivity contribution in [2.75, 3.05) is 0 Å². The summed E-state index contributed by atoms with van der Waals surface area (Å²) in [6, 6.07) is 0. The molecule has 0 radical (unpaired) electrons.